The molecular weight excluding hydrogens is 306 g/mol. The van der Waals surface area contributed by atoms with E-state index >= 15 is 0 Å². The first-order valence-corrected chi connectivity index (χ1v) is 6.92. The average molecular weight is 320 g/mol. The summed E-state index contributed by atoms with van der Waals surface area (Å²) in [6.45, 7) is 2.85. The van der Waals surface area contributed by atoms with Gasteiger partial charge in [0.15, 0.2) is 0 Å². The van der Waals surface area contributed by atoms with Crippen molar-refractivity contribution in [3.63, 3.8) is 0 Å². The van der Waals surface area contributed by atoms with Crippen LogP contribution in [0.2, 0.25) is 0 Å². The Bertz CT molecular complexity index is 675. The molecule has 3 rings (SSSR count). The number of rotatable bonds is 4. The Kier molecular flexibility index (Phi) is 3.40. The van der Waals surface area contributed by atoms with Gasteiger partial charge in [-0.3, -0.25) is 5.10 Å². The van der Waals surface area contributed by atoms with Crippen LogP contribution in [0, 0.1) is 0 Å². The number of benzene rings is 1. The lowest BCUT2D eigenvalue weighted by Crippen LogP contribution is -2.17. The van der Waals surface area contributed by atoms with Crippen molar-refractivity contribution in [2.75, 3.05) is 0 Å². The van der Waals surface area contributed by atoms with E-state index in [2.05, 4.69) is 50.5 Å². The molecule has 3 aromatic rings. The number of nitrogens with one attached hydrogen (secondary N) is 2. The molecule has 1 atom stereocenters. The van der Waals surface area contributed by atoms with Crippen molar-refractivity contribution in [2.45, 2.75) is 19.5 Å². The van der Waals surface area contributed by atoms with Crippen LogP contribution in [0.3, 0.4) is 0 Å². The summed E-state index contributed by atoms with van der Waals surface area (Å²) in [4.78, 5) is 0. The smallest absolute Gasteiger partial charge is 0.134 e. The fourth-order valence-electron chi connectivity index (χ4n) is 1.99. The quantitative estimate of drug-likeness (QED) is 0.769. The van der Waals surface area contributed by atoms with Gasteiger partial charge in [0.2, 0.25) is 0 Å². The van der Waals surface area contributed by atoms with E-state index in [4.69, 9.17) is 4.42 Å². The van der Waals surface area contributed by atoms with E-state index in [9.17, 15) is 0 Å². The molecule has 19 heavy (non-hydrogen) atoms. The van der Waals surface area contributed by atoms with Crippen molar-refractivity contribution in [2.24, 2.45) is 0 Å². The molecule has 2 aromatic heterocycles. The molecule has 0 bridgehead atoms. The Labute approximate surface area is 119 Å². The highest BCUT2D eigenvalue weighted by molar-refractivity contribution is 9.10. The first-order chi connectivity index (χ1) is 9.22. The van der Waals surface area contributed by atoms with Gasteiger partial charge in [-0.1, -0.05) is 15.9 Å². The SMILES string of the molecule is CC(NCc1cn[nH]c1)c1cc2cc(Br)ccc2o1. The summed E-state index contributed by atoms with van der Waals surface area (Å²) in [7, 11) is 0. The van der Waals surface area contributed by atoms with Crippen molar-refractivity contribution in [1.29, 1.82) is 0 Å². The lowest BCUT2D eigenvalue weighted by molar-refractivity contribution is 0.451. The monoisotopic (exact) mass is 319 g/mol. The molecule has 2 N–H and O–H groups in total. The van der Waals surface area contributed by atoms with Gasteiger partial charge in [0.25, 0.3) is 0 Å². The van der Waals surface area contributed by atoms with E-state index in [-0.39, 0.29) is 6.04 Å². The van der Waals surface area contributed by atoms with E-state index in [1.54, 1.807) is 0 Å². The molecule has 0 saturated carbocycles. The van der Waals surface area contributed by atoms with Gasteiger partial charge in [-0.25, -0.2) is 0 Å². The van der Waals surface area contributed by atoms with Crippen LogP contribution in [0.15, 0.2) is 45.5 Å². The second-order valence-electron chi connectivity index (χ2n) is 4.54. The second-order valence-corrected chi connectivity index (χ2v) is 5.46. The third-order valence-electron chi connectivity index (χ3n) is 3.09. The molecule has 0 saturated heterocycles. The molecule has 0 fully saturated rings. The highest BCUT2D eigenvalue weighted by atomic mass is 79.9. The Balaban J connectivity index is 1.75. The molecule has 98 valence electrons. The van der Waals surface area contributed by atoms with Gasteiger partial charge >= 0.3 is 0 Å². The minimum atomic E-state index is 0.154. The van der Waals surface area contributed by atoms with Crippen LogP contribution in [0.1, 0.15) is 24.3 Å². The number of aromatic amines is 1. The van der Waals surface area contributed by atoms with Crippen LogP contribution >= 0.6 is 15.9 Å². The van der Waals surface area contributed by atoms with E-state index in [1.807, 2.05) is 24.5 Å². The van der Waals surface area contributed by atoms with Gasteiger partial charge in [-0.05, 0) is 31.2 Å². The van der Waals surface area contributed by atoms with Gasteiger partial charge in [0.05, 0.1) is 12.2 Å². The maximum Gasteiger partial charge on any atom is 0.134 e. The summed E-state index contributed by atoms with van der Waals surface area (Å²) in [6.07, 6.45) is 3.70. The molecule has 1 aromatic carbocycles. The summed E-state index contributed by atoms with van der Waals surface area (Å²) in [6, 6.07) is 8.25. The first-order valence-electron chi connectivity index (χ1n) is 6.12. The largest absolute Gasteiger partial charge is 0.459 e. The van der Waals surface area contributed by atoms with E-state index in [0.29, 0.717) is 0 Å². The van der Waals surface area contributed by atoms with Gasteiger partial charge in [0.1, 0.15) is 11.3 Å². The number of fused-ring (bicyclic) bond motifs is 1. The van der Waals surface area contributed by atoms with Crippen LogP contribution in [0.4, 0.5) is 0 Å². The Hall–Kier alpha value is -1.59. The highest BCUT2D eigenvalue weighted by Gasteiger charge is 2.11. The predicted octanol–water partition coefficient (Wildman–Crippen LogP) is 3.77. The normalized spacial score (nSPS) is 12.9. The van der Waals surface area contributed by atoms with E-state index in [1.165, 1.54) is 0 Å². The third-order valence-corrected chi connectivity index (χ3v) is 3.58. The Morgan fingerprint density at radius 3 is 3.11 bits per heavy atom. The molecule has 4 nitrogen and oxygen atoms in total. The number of nitrogens with zero attached hydrogens (tertiary/aromatic N) is 1. The molecular formula is C14H14BrN3O. The molecule has 0 aliphatic heterocycles. The zero-order valence-corrected chi connectivity index (χ0v) is 12.1. The zero-order valence-electron chi connectivity index (χ0n) is 10.5. The van der Waals surface area contributed by atoms with Gasteiger partial charge in [-0.2, -0.15) is 5.10 Å². The Morgan fingerprint density at radius 2 is 2.32 bits per heavy atom. The molecule has 1 unspecified atom stereocenters. The second kappa shape index (κ2) is 5.19. The summed E-state index contributed by atoms with van der Waals surface area (Å²) in [5.41, 5.74) is 2.04. The van der Waals surface area contributed by atoms with Gasteiger partial charge in [-0.15, -0.1) is 0 Å². The number of H-pyrrole nitrogens is 1. The lowest BCUT2D eigenvalue weighted by atomic mass is 10.2. The number of hydrogen-bond acceptors (Lipinski definition) is 3. The van der Waals surface area contributed by atoms with Crippen LogP contribution in [0.25, 0.3) is 11.0 Å². The van der Waals surface area contributed by atoms with Crippen LogP contribution in [-0.2, 0) is 6.54 Å². The third kappa shape index (κ3) is 2.72. The van der Waals surface area contributed by atoms with E-state index in [0.717, 1.165) is 33.3 Å². The van der Waals surface area contributed by atoms with Crippen molar-refractivity contribution < 1.29 is 4.42 Å². The summed E-state index contributed by atoms with van der Waals surface area (Å²) in [5, 5.41) is 11.2. The number of hydrogen-bond donors (Lipinski definition) is 2. The fourth-order valence-corrected chi connectivity index (χ4v) is 2.37. The molecule has 2 heterocycles. The molecule has 0 aliphatic carbocycles. The van der Waals surface area contributed by atoms with E-state index < -0.39 is 0 Å². The average Bonchev–Trinajstić information content (AvgIpc) is 3.04. The van der Waals surface area contributed by atoms with Crippen LogP contribution in [-0.4, -0.2) is 10.2 Å². The summed E-state index contributed by atoms with van der Waals surface area (Å²) in [5.74, 6) is 0.941. The Morgan fingerprint density at radius 1 is 1.42 bits per heavy atom. The number of aromatic nitrogens is 2. The minimum Gasteiger partial charge on any atom is -0.459 e. The number of halogens is 1. The number of furan rings is 1. The molecule has 0 amide bonds. The van der Waals surface area contributed by atoms with Crippen molar-refractivity contribution in [3.8, 4) is 0 Å². The van der Waals surface area contributed by atoms with Crippen LogP contribution in [0.5, 0.6) is 0 Å². The maximum absolute atomic E-state index is 5.85. The lowest BCUT2D eigenvalue weighted by Gasteiger charge is -2.09. The highest BCUT2D eigenvalue weighted by Crippen LogP contribution is 2.26. The minimum absolute atomic E-state index is 0.154. The van der Waals surface area contributed by atoms with Gasteiger partial charge < -0.3 is 9.73 Å². The topological polar surface area (TPSA) is 53.9 Å². The molecule has 0 aliphatic rings. The standard InChI is InChI=1S/C14H14BrN3O/c1-9(16-6-10-7-17-18-8-10)14-5-11-4-12(15)2-3-13(11)19-14/h2-5,7-9,16H,6H2,1H3,(H,17,18). The first kappa shape index (κ1) is 12.4. The fraction of sp³-hybridized carbons (Fsp3) is 0.214. The summed E-state index contributed by atoms with van der Waals surface area (Å²) < 4.78 is 6.91. The van der Waals surface area contributed by atoms with Crippen molar-refractivity contribution in [1.82, 2.24) is 15.5 Å². The van der Waals surface area contributed by atoms with Crippen molar-refractivity contribution >= 4 is 26.9 Å². The molecule has 5 heteroatoms. The van der Waals surface area contributed by atoms with Crippen molar-refractivity contribution in [3.05, 3.63) is 52.5 Å². The van der Waals surface area contributed by atoms with Crippen LogP contribution < -0.4 is 5.32 Å². The predicted molar refractivity (Wildman–Crippen MR) is 77.8 cm³/mol. The zero-order chi connectivity index (χ0) is 13.2. The summed E-state index contributed by atoms with van der Waals surface area (Å²) >= 11 is 3.47. The molecule has 0 spiro atoms. The van der Waals surface area contributed by atoms with Gasteiger partial charge in [0, 0.05) is 28.2 Å². The molecule has 0 radical (unpaired) electrons. The maximum atomic E-state index is 5.85.